The van der Waals surface area contributed by atoms with Crippen LogP contribution in [0.4, 0.5) is 17.6 Å². The molecule has 1 heterocycles. The van der Waals surface area contributed by atoms with E-state index in [-0.39, 0.29) is 0 Å². The van der Waals surface area contributed by atoms with E-state index >= 15 is 0 Å². The summed E-state index contributed by atoms with van der Waals surface area (Å²) in [6.45, 7) is 0.912. The number of rotatable bonds is 2. The minimum absolute atomic E-state index is 0.350. The number of hydrogen-bond acceptors (Lipinski definition) is 3. The number of carboxylic acids is 1. The second-order valence-corrected chi connectivity index (χ2v) is 4.89. The van der Waals surface area contributed by atoms with E-state index in [1.807, 2.05) is 0 Å². The van der Waals surface area contributed by atoms with Gasteiger partial charge in [-0.1, -0.05) is 11.6 Å². The molecule has 0 saturated heterocycles. The Labute approximate surface area is 130 Å². The van der Waals surface area contributed by atoms with Crippen molar-refractivity contribution < 1.29 is 27.5 Å². The fourth-order valence-corrected chi connectivity index (χ4v) is 2.09. The number of hydrogen-bond donors (Lipinski definition) is 1. The van der Waals surface area contributed by atoms with Crippen molar-refractivity contribution in [3.05, 3.63) is 56.2 Å². The Hall–Kier alpha value is -2.42. The number of benzene rings is 1. The average molecular weight is 351 g/mol. The molecule has 0 aliphatic heterocycles. The summed E-state index contributed by atoms with van der Waals surface area (Å²) < 4.78 is 52.4. The number of aromatic carboxylic acids is 1. The summed E-state index contributed by atoms with van der Waals surface area (Å²) in [6, 6.07) is 1.36. The van der Waals surface area contributed by atoms with Crippen LogP contribution >= 0.6 is 11.6 Å². The van der Waals surface area contributed by atoms with Crippen molar-refractivity contribution in [2.24, 2.45) is 0 Å². The van der Waals surface area contributed by atoms with Crippen LogP contribution in [0.25, 0.3) is 5.69 Å². The molecule has 5 nitrogen and oxygen atoms in total. The lowest BCUT2D eigenvalue weighted by Crippen LogP contribution is -2.28. The Morgan fingerprint density at radius 3 is 2.48 bits per heavy atom. The summed E-state index contributed by atoms with van der Waals surface area (Å²) in [7, 11) is 0. The predicted octanol–water partition coefficient (Wildman–Crippen LogP) is 3.05. The van der Waals surface area contributed by atoms with Crippen molar-refractivity contribution >= 4 is 17.6 Å². The zero-order chi connectivity index (χ0) is 17.5. The minimum Gasteiger partial charge on any atom is -0.478 e. The van der Waals surface area contributed by atoms with Gasteiger partial charge in [-0.25, -0.2) is 9.18 Å². The molecule has 0 bridgehead atoms. The summed E-state index contributed by atoms with van der Waals surface area (Å²) >= 11 is 5.56. The van der Waals surface area contributed by atoms with Crippen LogP contribution in [0.5, 0.6) is 0 Å². The first-order chi connectivity index (χ1) is 10.5. The molecule has 0 saturated carbocycles. The van der Waals surface area contributed by atoms with Crippen molar-refractivity contribution in [2.75, 3.05) is 0 Å². The van der Waals surface area contributed by atoms with Crippen LogP contribution in [0.2, 0.25) is 5.02 Å². The summed E-state index contributed by atoms with van der Waals surface area (Å²) in [5.74, 6) is -2.60. The van der Waals surface area contributed by atoms with Gasteiger partial charge in [0.25, 0.3) is 5.56 Å². The third-order valence-corrected chi connectivity index (χ3v) is 3.33. The number of halogens is 5. The molecule has 1 aromatic carbocycles. The monoisotopic (exact) mass is 350 g/mol. The largest absolute Gasteiger partial charge is 0.478 e. The number of aromatic nitrogens is 2. The van der Waals surface area contributed by atoms with Crippen LogP contribution in [0.3, 0.4) is 0 Å². The molecule has 0 radical (unpaired) electrons. The number of nitrogens with zero attached hydrogens (tertiary/aromatic N) is 2. The lowest BCUT2D eigenvalue weighted by Gasteiger charge is -2.13. The molecule has 0 spiro atoms. The Morgan fingerprint density at radius 1 is 1.35 bits per heavy atom. The van der Waals surface area contributed by atoms with Gasteiger partial charge in [0.15, 0.2) is 5.82 Å². The van der Waals surface area contributed by atoms with E-state index in [0.717, 1.165) is 13.0 Å². The molecule has 122 valence electrons. The Balaban J connectivity index is 2.74. The topological polar surface area (TPSA) is 72.2 Å². The fourth-order valence-electron chi connectivity index (χ4n) is 1.86. The molecule has 0 aliphatic carbocycles. The predicted molar refractivity (Wildman–Crippen MR) is 71.5 cm³/mol. The molecule has 0 fully saturated rings. The summed E-state index contributed by atoms with van der Waals surface area (Å²) in [4.78, 5) is 23.0. The number of alkyl halides is 3. The van der Waals surface area contributed by atoms with Gasteiger partial charge in [-0.3, -0.25) is 4.79 Å². The third kappa shape index (κ3) is 3.04. The molecular formula is C13H7ClF4N2O3. The second-order valence-electron chi connectivity index (χ2n) is 4.49. The second kappa shape index (κ2) is 5.65. The van der Waals surface area contributed by atoms with Crippen LogP contribution in [0, 0.1) is 12.7 Å². The first-order valence-electron chi connectivity index (χ1n) is 5.93. The van der Waals surface area contributed by atoms with Gasteiger partial charge < -0.3 is 5.11 Å². The van der Waals surface area contributed by atoms with E-state index in [1.54, 1.807) is 0 Å². The average Bonchev–Trinajstić information content (AvgIpc) is 2.40. The summed E-state index contributed by atoms with van der Waals surface area (Å²) in [5, 5.41) is 11.8. The van der Waals surface area contributed by atoms with Crippen molar-refractivity contribution in [3.8, 4) is 5.69 Å². The summed E-state index contributed by atoms with van der Waals surface area (Å²) in [6.07, 6.45) is -4.43. The van der Waals surface area contributed by atoms with Crippen molar-refractivity contribution in [1.29, 1.82) is 0 Å². The van der Waals surface area contributed by atoms with Gasteiger partial charge in [0.2, 0.25) is 0 Å². The summed E-state index contributed by atoms with van der Waals surface area (Å²) in [5.41, 5.74) is -4.31. The zero-order valence-corrected chi connectivity index (χ0v) is 12.0. The Bertz CT molecular complexity index is 862. The molecule has 2 rings (SSSR count). The lowest BCUT2D eigenvalue weighted by atomic mass is 10.1. The maximum absolute atomic E-state index is 13.9. The highest BCUT2D eigenvalue weighted by atomic mass is 35.5. The van der Waals surface area contributed by atoms with Gasteiger partial charge in [-0.2, -0.15) is 23.0 Å². The van der Waals surface area contributed by atoms with Gasteiger partial charge in [0.1, 0.15) is 5.69 Å². The SMILES string of the molecule is Cc1c(C(F)(F)F)cnn(-c2cc(C(=O)O)c(Cl)cc2F)c1=O. The highest BCUT2D eigenvalue weighted by Gasteiger charge is 2.34. The van der Waals surface area contributed by atoms with Crippen LogP contribution in [-0.2, 0) is 6.18 Å². The molecule has 0 atom stereocenters. The van der Waals surface area contributed by atoms with Gasteiger partial charge in [-0.15, -0.1) is 0 Å². The molecule has 1 aromatic heterocycles. The van der Waals surface area contributed by atoms with Gasteiger partial charge >= 0.3 is 12.1 Å². The van der Waals surface area contributed by atoms with Gasteiger partial charge in [0.05, 0.1) is 22.3 Å². The number of carbonyl (C=O) groups is 1. The first-order valence-corrected chi connectivity index (χ1v) is 6.30. The fraction of sp³-hybridized carbons (Fsp3) is 0.154. The molecule has 10 heteroatoms. The maximum Gasteiger partial charge on any atom is 0.418 e. The van der Waals surface area contributed by atoms with E-state index in [1.165, 1.54) is 0 Å². The molecular weight excluding hydrogens is 344 g/mol. The zero-order valence-electron chi connectivity index (χ0n) is 11.3. The Kier molecular flexibility index (Phi) is 4.16. The molecule has 0 unspecified atom stereocenters. The van der Waals surface area contributed by atoms with E-state index in [9.17, 15) is 27.2 Å². The first kappa shape index (κ1) is 16.9. The third-order valence-electron chi connectivity index (χ3n) is 3.02. The van der Waals surface area contributed by atoms with E-state index in [2.05, 4.69) is 5.10 Å². The molecule has 0 amide bonds. The Morgan fingerprint density at radius 2 is 1.96 bits per heavy atom. The van der Waals surface area contributed by atoms with E-state index < -0.39 is 50.9 Å². The minimum atomic E-state index is -4.79. The van der Waals surface area contributed by atoms with Crippen LogP contribution < -0.4 is 5.56 Å². The standard InChI is InChI=1S/C13H7ClF4N2O3/c1-5-7(13(16,17)18)4-19-20(11(5)21)10-2-6(12(22)23)8(14)3-9(10)15/h2-4H,1H3,(H,22,23). The van der Waals surface area contributed by atoms with Crippen molar-refractivity contribution in [3.63, 3.8) is 0 Å². The normalized spacial score (nSPS) is 11.6. The maximum atomic E-state index is 13.9. The number of carboxylic acid groups (broad SMARTS) is 1. The van der Waals surface area contributed by atoms with Crippen LogP contribution in [0.15, 0.2) is 23.1 Å². The highest BCUT2D eigenvalue weighted by molar-refractivity contribution is 6.33. The molecule has 23 heavy (non-hydrogen) atoms. The smallest absolute Gasteiger partial charge is 0.418 e. The van der Waals surface area contributed by atoms with Crippen molar-refractivity contribution in [1.82, 2.24) is 9.78 Å². The molecule has 1 N–H and O–H groups in total. The molecule has 0 aliphatic rings. The van der Waals surface area contributed by atoms with E-state index in [4.69, 9.17) is 16.7 Å². The van der Waals surface area contributed by atoms with Gasteiger partial charge in [-0.05, 0) is 19.1 Å². The van der Waals surface area contributed by atoms with Crippen LogP contribution in [-0.4, -0.2) is 20.9 Å². The van der Waals surface area contributed by atoms with Crippen molar-refractivity contribution in [2.45, 2.75) is 13.1 Å². The molecule has 2 aromatic rings. The highest BCUT2D eigenvalue weighted by Crippen LogP contribution is 2.30. The lowest BCUT2D eigenvalue weighted by molar-refractivity contribution is -0.138. The quantitative estimate of drug-likeness (QED) is 0.845. The van der Waals surface area contributed by atoms with E-state index in [0.29, 0.717) is 16.9 Å². The van der Waals surface area contributed by atoms with Gasteiger partial charge in [0, 0.05) is 5.56 Å². The van der Waals surface area contributed by atoms with Crippen LogP contribution in [0.1, 0.15) is 21.5 Å².